The third kappa shape index (κ3) is 6.27. The third-order valence-electron chi connectivity index (χ3n) is 6.07. The van der Waals surface area contributed by atoms with Crippen LogP contribution in [0.1, 0.15) is 71.9 Å². The number of hydrogen-bond donors (Lipinski definition) is 0. The molecule has 0 spiro atoms. The minimum absolute atomic E-state index is 0.0502. The summed E-state index contributed by atoms with van der Waals surface area (Å²) in [4.78, 5) is 29.6. The third-order valence-corrected chi connectivity index (χ3v) is 6.07. The minimum atomic E-state index is -0.864. The van der Waals surface area contributed by atoms with Crippen molar-refractivity contribution in [3.05, 3.63) is 35.1 Å². The molecule has 0 aliphatic carbocycles. The molecule has 3 atom stereocenters. The molecule has 2 saturated heterocycles. The highest BCUT2D eigenvalue weighted by Gasteiger charge is 2.52. The van der Waals surface area contributed by atoms with Crippen molar-refractivity contribution in [1.29, 1.82) is 0 Å². The first-order valence-electron chi connectivity index (χ1n) is 12.1. The van der Waals surface area contributed by atoms with Crippen molar-refractivity contribution >= 4 is 12.0 Å². The molecule has 8 heteroatoms. The Morgan fingerprint density at radius 1 is 1.18 bits per heavy atom. The highest BCUT2D eigenvalue weighted by atomic mass is 19.1. The van der Waals surface area contributed by atoms with Gasteiger partial charge in [0.25, 0.3) is 0 Å². The molecular weight excluding hydrogens is 439 g/mol. The van der Waals surface area contributed by atoms with Gasteiger partial charge in [0.05, 0.1) is 6.61 Å². The quantitative estimate of drug-likeness (QED) is 0.605. The summed E-state index contributed by atoms with van der Waals surface area (Å²) in [6, 6.07) is 3.91. The second-order valence-electron chi connectivity index (χ2n) is 11.3. The van der Waals surface area contributed by atoms with E-state index >= 15 is 0 Å². The molecule has 7 nitrogen and oxygen atoms in total. The number of ether oxygens (including phenoxy) is 3. The lowest BCUT2D eigenvalue weighted by molar-refractivity contribution is -0.168. The number of benzene rings is 1. The fourth-order valence-corrected chi connectivity index (χ4v) is 4.67. The summed E-state index contributed by atoms with van der Waals surface area (Å²) in [6.07, 6.45) is 1.65. The molecule has 0 radical (unpaired) electrons. The molecule has 0 N–H and O–H groups in total. The van der Waals surface area contributed by atoms with Gasteiger partial charge in [-0.25, -0.2) is 9.18 Å². The highest BCUT2D eigenvalue weighted by molar-refractivity contribution is 5.89. The molecule has 1 aromatic rings. The predicted molar refractivity (Wildman–Crippen MR) is 126 cm³/mol. The van der Waals surface area contributed by atoms with Crippen LogP contribution in [0.4, 0.5) is 9.18 Å². The van der Waals surface area contributed by atoms with Crippen LogP contribution in [0.2, 0.25) is 0 Å². The monoisotopic (exact) mass is 478 g/mol. The van der Waals surface area contributed by atoms with Gasteiger partial charge < -0.3 is 19.1 Å². The number of carbonyl (C=O) groups is 2. The summed E-state index contributed by atoms with van der Waals surface area (Å²) in [5.74, 6) is -0.654. The van der Waals surface area contributed by atoms with Gasteiger partial charge in [-0.2, -0.15) is 0 Å². The van der Waals surface area contributed by atoms with Crippen molar-refractivity contribution in [3.63, 3.8) is 0 Å². The molecule has 0 aromatic heterocycles. The average molecular weight is 479 g/mol. The van der Waals surface area contributed by atoms with Crippen LogP contribution in [0.5, 0.6) is 0 Å². The molecule has 2 amide bonds. The van der Waals surface area contributed by atoms with E-state index in [1.165, 1.54) is 11.0 Å². The second kappa shape index (κ2) is 10.2. The standard InChI is InChI=1S/C26H39FN2O5/c1-25(2,3)23-28(7)22(30)20(29(23)24(31)34-26(4,5)6)15-18-14-17(11-12-19(18)27)16-33-21-10-8-9-13-32-21/h11-12,14,20-21,23H,8-10,13,15-16H2,1-7H3/t20?,21?,23-/m0/s1. The van der Waals surface area contributed by atoms with Crippen molar-refractivity contribution < 1.29 is 28.2 Å². The van der Waals surface area contributed by atoms with Crippen LogP contribution >= 0.6 is 0 Å². The molecule has 1 aromatic carbocycles. The largest absolute Gasteiger partial charge is 0.444 e. The van der Waals surface area contributed by atoms with Gasteiger partial charge in [0.1, 0.15) is 23.6 Å². The number of rotatable bonds is 5. The predicted octanol–water partition coefficient (Wildman–Crippen LogP) is 4.86. The molecule has 2 heterocycles. The Hall–Kier alpha value is -2.19. The summed E-state index contributed by atoms with van der Waals surface area (Å²) in [7, 11) is 1.68. The Kier molecular flexibility index (Phi) is 7.92. The van der Waals surface area contributed by atoms with Gasteiger partial charge in [0, 0.05) is 25.5 Å². The van der Waals surface area contributed by atoms with Gasteiger partial charge in [-0.3, -0.25) is 9.69 Å². The SMILES string of the molecule is CN1C(=O)C(Cc2cc(COC3CCCCO3)ccc2F)N(C(=O)OC(C)(C)C)[C@H]1C(C)(C)C. The van der Waals surface area contributed by atoms with Gasteiger partial charge in [-0.1, -0.05) is 32.9 Å². The Labute approximate surface area is 202 Å². The smallest absolute Gasteiger partial charge is 0.412 e. The first-order chi connectivity index (χ1) is 15.8. The van der Waals surface area contributed by atoms with E-state index in [0.717, 1.165) is 24.8 Å². The molecule has 0 bridgehead atoms. The fraction of sp³-hybridized carbons (Fsp3) is 0.692. The van der Waals surface area contributed by atoms with Crippen LogP contribution < -0.4 is 0 Å². The summed E-state index contributed by atoms with van der Waals surface area (Å²) >= 11 is 0. The number of halogens is 1. The van der Waals surface area contributed by atoms with E-state index in [4.69, 9.17) is 14.2 Å². The second-order valence-corrected chi connectivity index (χ2v) is 11.3. The van der Waals surface area contributed by atoms with Gasteiger partial charge in [-0.15, -0.1) is 0 Å². The molecule has 2 aliphatic heterocycles. The summed E-state index contributed by atoms with van der Waals surface area (Å²) in [5, 5.41) is 0. The lowest BCUT2D eigenvalue weighted by Crippen LogP contribution is -2.52. The van der Waals surface area contributed by atoms with E-state index in [-0.39, 0.29) is 25.2 Å². The van der Waals surface area contributed by atoms with Crippen LogP contribution in [0.25, 0.3) is 0 Å². The van der Waals surface area contributed by atoms with Crippen LogP contribution in [0.15, 0.2) is 18.2 Å². The van der Waals surface area contributed by atoms with E-state index < -0.39 is 35.1 Å². The molecule has 3 rings (SSSR count). The van der Waals surface area contributed by atoms with E-state index in [1.54, 1.807) is 44.9 Å². The first kappa shape index (κ1) is 26.4. The lowest BCUT2D eigenvalue weighted by Gasteiger charge is -2.39. The Morgan fingerprint density at radius 2 is 1.88 bits per heavy atom. The number of nitrogens with zero attached hydrogens (tertiary/aromatic N) is 2. The van der Waals surface area contributed by atoms with Crippen molar-refractivity contribution in [2.45, 2.75) is 97.9 Å². The Morgan fingerprint density at radius 3 is 2.47 bits per heavy atom. The van der Waals surface area contributed by atoms with Gasteiger partial charge >= 0.3 is 6.09 Å². The van der Waals surface area contributed by atoms with E-state index in [0.29, 0.717) is 12.2 Å². The highest BCUT2D eigenvalue weighted by Crippen LogP contribution is 2.36. The number of hydrogen-bond acceptors (Lipinski definition) is 5. The molecule has 2 fully saturated rings. The van der Waals surface area contributed by atoms with Crippen LogP contribution in [-0.2, 0) is 32.0 Å². The zero-order chi connectivity index (χ0) is 25.3. The van der Waals surface area contributed by atoms with E-state index in [9.17, 15) is 14.0 Å². The Balaban J connectivity index is 1.84. The number of carbonyl (C=O) groups excluding carboxylic acids is 2. The lowest BCUT2D eigenvalue weighted by atomic mass is 9.91. The molecule has 0 saturated carbocycles. The topological polar surface area (TPSA) is 68.3 Å². The normalized spacial score (nSPS) is 24.0. The first-order valence-corrected chi connectivity index (χ1v) is 12.1. The van der Waals surface area contributed by atoms with Crippen LogP contribution in [-0.4, -0.2) is 59.6 Å². The molecule has 2 aliphatic rings. The number of likely N-dealkylation sites (N-methyl/N-ethyl adjacent to an activating group) is 1. The van der Waals surface area contributed by atoms with Crippen molar-refractivity contribution in [2.24, 2.45) is 5.41 Å². The van der Waals surface area contributed by atoms with Gasteiger partial charge in [0.15, 0.2) is 6.29 Å². The molecular formula is C26H39FN2O5. The zero-order valence-corrected chi connectivity index (χ0v) is 21.5. The zero-order valence-electron chi connectivity index (χ0n) is 21.5. The summed E-state index contributed by atoms with van der Waals surface area (Å²) in [5.41, 5.74) is 0.00326. The molecule has 2 unspecified atom stereocenters. The fourth-order valence-electron chi connectivity index (χ4n) is 4.67. The van der Waals surface area contributed by atoms with Crippen LogP contribution in [0, 0.1) is 11.2 Å². The maximum atomic E-state index is 14.8. The summed E-state index contributed by atoms with van der Waals surface area (Å²) < 4.78 is 31.9. The number of amides is 2. The molecule has 190 valence electrons. The van der Waals surface area contributed by atoms with Crippen LogP contribution in [0.3, 0.4) is 0 Å². The Bertz CT molecular complexity index is 886. The summed E-state index contributed by atoms with van der Waals surface area (Å²) in [6.45, 7) is 12.2. The minimum Gasteiger partial charge on any atom is -0.444 e. The molecule has 34 heavy (non-hydrogen) atoms. The van der Waals surface area contributed by atoms with Crippen molar-refractivity contribution in [1.82, 2.24) is 9.80 Å². The maximum Gasteiger partial charge on any atom is 0.412 e. The van der Waals surface area contributed by atoms with Gasteiger partial charge in [-0.05, 0) is 57.2 Å². The van der Waals surface area contributed by atoms with Gasteiger partial charge in [0.2, 0.25) is 5.91 Å². The van der Waals surface area contributed by atoms with E-state index in [1.807, 2.05) is 20.8 Å². The van der Waals surface area contributed by atoms with E-state index in [2.05, 4.69) is 0 Å². The van der Waals surface area contributed by atoms with Crippen molar-refractivity contribution in [3.8, 4) is 0 Å². The average Bonchev–Trinajstić information content (AvgIpc) is 2.99. The maximum absolute atomic E-state index is 14.8. The van der Waals surface area contributed by atoms with Crippen molar-refractivity contribution in [2.75, 3.05) is 13.7 Å².